The van der Waals surface area contributed by atoms with Gasteiger partial charge in [-0.25, -0.2) is 4.79 Å². The van der Waals surface area contributed by atoms with Gasteiger partial charge >= 0.3 is 5.97 Å². The van der Waals surface area contributed by atoms with Crippen molar-refractivity contribution in [3.8, 4) is 0 Å². The van der Waals surface area contributed by atoms with E-state index >= 15 is 0 Å². The van der Waals surface area contributed by atoms with Crippen LogP contribution in [0, 0.1) is 5.92 Å². The maximum atomic E-state index is 13.2. The van der Waals surface area contributed by atoms with Gasteiger partial charge in [0.15, 0.2) is 6.10 Å². The van der Waals surface area contributed by atoms with Crippen molar-refractivity contribution in [2.45, 2.75) is 26.0 Å². The number of halogens is 1. The largest absolute Gasteiger partial charge is 0.447 e. The molecule has 0 bridgehead atoms. The first-order valence-corrected chi connectivity index (χ1v) is 10.7. The lowest BCUT2D eigenvalue weighted by Crippen LogP contribution is -2.46. The van der Waals surface area contributed by atoms with Crippen molar-refractivity contribution in [1.82, 2.24) is 5.32 Å². The molecule has 0 heterocycles. The Hall–Kier alpha value is -3.44. The summed E-state index contributed by atoms with van der Waals surface area (Å²) >= 11 is 6.11. The second-order valence-electron chi connectivity index (χ2n) is 7.63. The molecule has 32 heavy (non-hydrogen) atoms. The van der Waals surface area contributed by atoms with E-state index in [2.05, 4.69) is 5.32 Å². The van der Waals surface area contributed by atoms with Gasteiger partial charge in [0, 0.05) is 11.1 Å². The smallest absolute Gasteiger partial charge is 0.329 e. The molecule has 0 saturated heterocycles. The molecule has 164 valence electrons. The first kappa shape index (κ1) is 23.2. The minimum Gasteiger partial charge on any atom is -0.447 e. The summed E-state index contributed by atoms with van der Waals surface area (Å²) in [5.41, 5.74) is 1.23. The fourth-order valence-corrected chi connectivity index (χ4v) is 3.43. The number of rotatable bonds is 8. The molecule has 0 aliphatic carbocycles. The van der Waals surface area contributed by atoms with Gasteiger partial charge in [-0.3, -0.25) is 9.59 Å². The number of carbonyl (C=O) groups is 3. The molecule has 2 unspecified atom stereocenters. The van der Waals surface area contributed by atoms with Crippen LogP contribution in [0.1, 0.15) is 46.2 Å². The first-order chi connectivity index (χ1) is 15.4. The topological polar surface area (TPSA) is 72.5 Å². The first-order valence-electron chi connectivity index (χ1n) is 10.3. The van der Waals surface area contributed by atoms with Crippen LogP contribution in [0.2, 0.25) is 5.02 Å². The molecule has 6 heteroatoms. The van der Waals surface area contributed by atoms with Crippen LogP contribution < -0.4 is 5.32 Å². The molecule has 0 spiro atoms. The van der Waals surface area contributed by atoms with Crippen LogP contribution in [0.5, 0.6) is 0 Å². The molecular formula is C26H24ClNO4. The Bertz CT molecular complexity index is 1080. The predicted molar refractivity (Wildman–Crippen MR) is 124 cm³/mol. The summed E-state index contributed by atoms with van der Waals surface area (Å²) in [6.07, 6.45) is -1.13. The maximum absolute atomic E-state index is 13.2. The Morgan fingerprint density at radius 1 is 0.812 bits per heavy atom. The van der Waals surface area contributed by atoms with E-state index in [1.54, 1.807) is 92.7 Å². The molecule has 5 nitrogen and oxygen atoms in total. The monoisotopic (exact) mass is 449 g/mol. The van der Waals surface area contributed by atoms with E-state index < -0.39 is 24.0 Å². The number of ketones is 1. The van der Waals surface area contributed by atoms with E-state index in [0.717, 1.165) is 0 Å². The highest BCUT2D eigenvalue weighted by Crippen LogP contribution is 2.24. The van der Waals surface area contributed by atoms with E-state index in [-0.39, 0.29) is 22.3 Å². The third kappa shape index (κ3) is 5.62. The number of esters is 1. The Kier molecular flexibility index (Phi) is 7.79. The summed E-state index contributed by atoms with van der Waals surface area (Å²) in [4.78, 5) is 39.0. The molecule has 3 rings (SSSR count). The SMILES string of the molecule is CC(C)C(NC(=O)c1ccccc1Cl)C(=O)OC(C(=O)c1ccccc1)c1ccccc1. The Balaban J connectivity index is 1.85. The number of amides is 1. The molecular weight excluding hydrogens is 426 g/mol. The van der Waals surface area contributed by atoms with Crippen LogP contribution >= 0.6 is 11.6 Å². The Morgan fingerprint density at radius 2 is 1.38 bits per heavy atom. The fraction of sp³-hybridized carbons (Fsp3) is 0.192. The van der Waals surface area contributed by atoms with Crippen molar-refractivity contribution < 1.29 is 19.1 Å². The van der Waals surface area contributed by atoms with Crippen molar-refractivity contribution in [3.63, 3.8) is 0 Å². The summed E-state index contributed by atoms with van der Waals surface area (Å²) in [7, 11) is 0. The van der Waals surface area contributed by atoms with E-state index in [0.29, 0.717) is 11.1 Å². The molecule has 0 aromatic heterocycles. The molecule has 2 atom stereocenters. The zero-order valence-corrected chi connectivity index (χ0v) is 18.6. The van der Waals surface area contributed by atoms with Gasteiger partial charge in [-0.15, -0.1) is 0 Å². The lowest BCUT2D eigenvalue weighted by molar-refractivity contribution is -0.150. The fourth-order valence-electron chi connectivity index (χ4n) is 3.21. The predicted octanol–water partition coefficient (Wildman–Crippen LogP) is 5.26. The second-order valence-corrected chi connectivity index (χ2v) is 8.04. The van der Waals surface area contributed by atoms with Crippen LogP contribution in [0.15, 0.2) is 84.9 Å². The van der Waals surface area contributed by atoms with Crippen molar-refractivity contribution in [1.29, 1.82) is 0 Å². The molecule has 0 fully saturated rings. The molecule has 1 amide bonds. The minimum atomic E-state index is -1.13. The quantitative estimate of drug-likeness (QED) is 0.376. The van der Waals surface area contributed by atoms with Gasteiger partial charge in [0.1, 0.15) is 6.04 Å². The van der Waals surface area contributed by atoms with Crippen molar-refractivity contribution in [3.05, 3.63) is 107 Å². The van der Waals surface area contributed by atoms with Crippen LogP contribution in [0.25, 0.3) is 0 Å². The zero-order valence-electron chi connectivity index (χ0n) is 17.8. The lowest BCUT2D eigenvalue weighted by atomic mass is 9.99. The summed E-state index contributed by atoms with van der Waals surface area (Å²) in [5, 5.41) is 2.98. The average molecular weight is 450 g/mol. The van der Waals surface area contributed by atoms with Gasteiger partial charge in [0.2, 0.25) is 5.78 Å². The van der Waals surface area contributed by atoms with Crippen molar-refractivity contribution >= 4 is 29.3 Å². The number of hydrogen-bond acceptors (Lipinski definition) is 4. The molecule has 3 aromatic rings. The van der Waals surface area contributed by atoms with Crippen LogP contribution in [0.4, 0.5) is 0 Å². The number of ether oxygens (including phenoxy) is 1. The van der Waals surface area contributed by atoms with Gasteiger partial charge in [0.25, 0.3) is 5.91 Å². The number of Topliss-reactive ketones (excluding diaryl/α,β-unsaturated/α-hetero) is 1. The Morgan fingerprint density at radius 3 is 1.97 bits per heavy atom. The third-order valence-corrected chi connectivity index (χ3v) is 5.29. The lowest BCUT2D eigenvalue weighted by Gasteiger charge is -2.24. The van der Waals surface area contributed by atoms with Gasteiger partial charge in [-0.05, 0) is 18.1 Å². The maximum Gasteiger partial charge on any atom is 0.329 e. The van der Waals surface area contributed by atoms with E-state index in [1.807, 2.05) is 6.07 Å². The standard InChI is InChI=1S/C26H24ClNO4/c1-17(2)22(28-25(30)20-15-9-10-16-21(20)27)26(31)32-24(19-13-7-4-8-14-19)23(29)18-11-5-3-6-12-18/h3-17,22,24H,1-2H3,(H,28,30). The number of carbonyl (C=O) groups excluding carboxylic acids is 3. The number of hydrogen-bond donors (Lipinski definition) is 1. The van der Waals surface area contributed by atoms with Gasteiger partial charge in [0.05, 0.1) is 10.6 Å². The van der Waals surface area contributed by atoms with E-state index in [1.165, 1.54) is 0 Å². The summed E-state index contributed by atoms with van der Waals surface area (Å²) in [6, 6.07) is 23.1. The zero-order chi connectivity index (χ0) is 23.1. The molecule has 0 radical (unpaired) electrons. The summed E-state index contributed by atoms with van der Waals surface area (Å²) in [6.45, 7) is 3.57. The van der Waals surface area contributed by atoms with Gasteiger partial charge in [-0.2, -0.15) is 0 Å². The third-order valence-electron chi connectivity index (χ3n) is 4.96. The van der Waals surface area contributed by atoms with E-state index in [4.69, 9.17) is 16.3 Å². The van der Waals surface area contributed by atoms with E-state index in [9.17, 15) is 14.4 Å². The van der Waals surface area contributed by atoms with Crippen molar-refractivity contribution in [2.75, 3.05) is 0 Å². The normalized spacial score (nSPS) is 12.6. The molecule has 0 aliphatic heterocycles. The van der Waals surface area contributed by atoms with Crippen LogP contribution in [-0.2, 0) is 9.53 Å². The highest BCUT2D eigenvalue weighted by molar-refractivity contribution is 6.33. The van der Waals surface area contributed by atoms with Crippen LogP contribution in [-0.4, -0.2) is 23.7 Å². The molecule has 0 saturated carbocycles. The summed E-state index contributed by atoms with van der Waals surface area (Å²) in [5.74, 6) is -1.81. The number of benzene rings is 3. The highest BCUT2D eigenvalue weighted by Gasteiger charge is 2.32. The Labute approximate surface area is 192 Å². The van der Waals surface area contributed by atoms with Gasteiger partial charge < -0.3 is 10.1 Å². The average Bonchev–Trinajstić information content (AvgIpc) is 2.81. The second kappa shape index (κ2) is 10.7. The highest BCUT2D eigenvalue weighted by atomic mass is 35.5. The van der Waals surface area contributed by atoms with Crippen molar-refractivity contribution in [2.24, 2.45) is 5.92 Å². The molecule has 3 aromatic carbocycles. The summed E-state index contributed by atoms with van der Waals surface area (Å²) < 4.78 is 5.71. The number of nitrogens with one attached hydrogen (secondary N) is 1. The van der Waals surface area contributed by atoms with Crippen LogP contribution in [0.3, 0.4) is 0 Å². The molecule has 1 N–H and O–H groups in total. The minimum absolute atomic E-state index is 0.257. The van der Waals surface area contributed by atoms with Gasteiger partial charge in [-0.1, -0.05) is 98.2 Å². The molecule has 0 aliphatic rings.